The van der Waals surface area contributed by atoms with Gasteiger partial charge in [-0.25, -0.2) is 0 Å². The van der Waals surface area contributed by atoms with E-state index in [4.69, 9.17) is 10.5 Å². The van der Waals surface area contributed by atoms with E-state index in [1.54, 1.807) is 0 Å². The molecule has 4 nitrogen and oxygen atoms in total. The van der Waals surface area contributed by atoms with Gasteiger partial charge < -0.3 is 15.4 Å². The van der Waals surface area contributed by atoms with Crippen molar-refractivity contribution < 1.29 is 9.53 Å². The van der Waals surface area contributed by atoms with Crippen LogP contribution in [0.1, 0.15) is 33.1 Å². The first kappa shape index (κ1) is 11.9. The fourth-order valence-corrected chi connectivity index (χ4v) is 2.64. The Bertz CT molecular complexity index is 256. The molecule has 16 heavy (non-hydrogen) atoms. The van der Waals surface area contributed by atoms with Crippen molar-refractivity contribution in [3.05, 3.63) is 0 Å². The van der Waals surface area contributed by atoms with E-state index < -0.39 is 0 Å². The van der Waals surface area contributed by atoms with Crippen LogP contribution in [0.15, 0.2) is 0 Å². The lowest BCUT2D eigenvalue weighted by molar-refractivity contribution is -0.141. The van der Waals surface area contributed by atoms with Crippen molar-refractivity contribution in [1.82, 2.24) is 4.90 Å². The maximum absolute atomic E-state index is 12.1. The van der Waals surface area contributed by atoms with Gasteiger partial charge in [0.1, 0.15) is 0 Å². The first-order chi connectivity index (χ1) is 7.56. The van der Waals surface area contributed by atoms with Gasteiger partial charge in [-0.3, -0.25) is 4.79 Å². The molecule has 2 heterocycles. The van der Waals surface area contributed by atoms with E-state index in [0.717, 1.165) is 32.4 Å². The first-order valence-corrected chi connectivity index (χ1v) is 6.26. The summed E-state index contributed by atoms with van der Waals surface area (Å²) in [7, 11) is 0. The van der Waals surface area contributed by atoms with Gasteiger partial charge in [0, 0.05) is 13.1 Å². The highest BCUT2D eigenvalue weighted by Crippen LogP contribution is 2.26. The molecule has 0 aromatic rings. The molecule has 0 saturated carbocycles. The monoisotopic (exact) mass is 226 g/mol. The Morgan fingerprint density at radius 2 is 1.94 bits per heavy atom. The van der Waals surface area contributed by atoms with Crippen LogP contribution in [0.3, 0.4) is 0 Å². The molecule has 3 atom stereocenters. The second-order valence-corrected chi connectivity index (χ2v) is 5.44. The number of nitrogens with two attached hydrogens (primary N) is 1. The van der Waals surface area contributed by atoms with Gasteiger partial charge in [-0.05, 0) is 25.2 Å². The summed E-state index contributed by atoms with van der Waals surface area (Å²) in [6, 6.07) is -0.336. The standard InChI is InChI=1S/C12H22N2O2/c1-8(2)5-11(13)12(15)14-6-9-3-4-10(7-14)16-9/h8-11H,3-7,13H2,1-2H3/t9?,10?,11-/m0/s1. The molecule has 2 saturated heterocycles. The molecule has 0 radical (unpaired) electrons. The smallest absolute Gasteiger partial charge is 0.239 e. The molecule has 2 aliphatic rings. The molecule has 0 aromatic carbocycles. The van der Waals surface area contributed by atoms with E-state index >= 15 is 0 Å². The molecule has 4 heteroatoms. The Balaban J connectivity index is 1.89. The molecule has 2 N–H and O–H groups in total. The summed E-state index contributed by atoms with van der Waals surface area (Å²) < 4.78 is 5.70. The third kappa shape index (κ3) is 2.55. The number of hydrogen-bond donors (Lipinski definition) is 1. The molecule has 2 unspecified atom stereocenters. The van der Waals surface area contributed by atoms with Gasteiger partial charge in [0.25, 0.3) is 0 Å². The molecule has 0 aromatic heterocycles. The van der Waals surface area contributed by atoms with Crippen molar-refractivity contribution in [3.8, 4) is 0 Å². The van der Waals surface area contributed by atoms with Crippen LogP contribution >= 0.6 is 0 Å². The SMILES string of the molecule is CC(C)C[C@H](N)C(=O)N1CC2CCC(C1)O2. The van der Waals surface area contributed by atoms with Gasteiger partial charge in [0.2, 0.25) is 5.91 Å². The fraction of sp³-hybridized carbons (Fsp3) is 0.917. The van der Waals surface area contributed by atoms with Crippen molar-refractivity contribution in [3.63, 3.8) is 0 Å². The molecular formula is C12H22N2O2. The van der Waals surface area contributed by atoms with Crippen molar-refractivity contribution in [1.29, 1.82) is 0 Å². The Kier molecular flexibility index (Phi) is 3.50. The van der Waals surface area contributed by atoms with Crippen LogP contribution in [-0.4, -0.2) is 42.1 Å². The summed E-state index contributed by atoms with van der Waals surface area (Å²) in [4.78, 5) is 14.0. The summed E-state index contributed by atoms with van der Waals surface area (Å²) in [6.07, 6.45) is 3.47. The van der Waals surface area contributed by atoms with Crippen molar-refractivity contribution in [2.75, 3.05) is 13.1 Å². The molecule has 2 rings (SSSR count). The lowest BCUT2D eigenvalue weighted by Crippen LogP contribution is -2.51. The van der Waals surface area contributed by atoms with E-state index in [1.807, 2.05) is 4.90 Å². The van der Waals surface area contributed by atoms with Gasteiger partial charge in [-0.2, -0.15) is 0 Å². The highest BCUT2D eigenvalue weighted by molar-refractivity contribution is 5.81. The molecule has 2 aliphatic heterocycles. The van der Waals surface area contributed by atoms with Gasteiger partial charge in [-0.1, -0.05) is 13.8 Å². The number of nitrogens with zero attached hydrogens (tertiary/aromatic N) is 1. The number of rotatable bonds is 3. The van der Waals surface area contributed by atoms with Crippen LogP contribution in [0.25, 0.3) is 0 Å². The second-order valence-electron chi connectivity index (χ2n) is 5.44. The highest BCUT2D eigenvalue weighted by atomic mass is 16.5. The number of morpholine rings is 1. The minimum absolute atomic E-state index is 0.105. The molecule has 0 spiro atoms. The maximum Gasteiger partial charge on any atom is 0.239 e. The molecular weight excluding hydrogens is 204 g/mol. The largest absolute Gasteiger partial charge is 0.371 e. The zero-order valence-electron chi connectivity index (χ0n) is 10.2. The average Bonchev–Trinajstić information content (AvgIpc) is 2.55. The molecule has 92 valence electrons. The third-order valence-electron chi connectivity index (χ3n) is 3.40. The van der Waals surface area contributed by atoms with Crippen molar-refractivity contribution in [2.24, 2.45) is 11.7 Å². The molecule has 2 bridgehead atoms. The minimum atomic E-state index is -0.336. The van der Waals surface area contributed by atoms with E-state index in [-0.39, 0.29) is 24.2 Å². The quantitative estimate of drug-likeness (QED) is 0.772. The molecule has 1 amide bonds. The van der Waals surface area contributed by atoms with Crippen molar-refractivity contribution >= 4 is 5.91 Å². The number of carbonyl (C=O) groups is 1. The zero-order valence-corrected chi connectivity index (χ0v) is 10.2. The van der Waals surface area contributed by atoms with Gasteiger partial charge in [-0.15, -0.1) is 0 Å². The van der Waals surface area contributed by atoms with Gasteiger partial charge in [0.05, 0.1) is 18.2 Å². The van der Waals surface area contributed by atoms with Crippen LogP contribution in [0.5, 0.6) is 0 Å². The topological polar surface area (TPSA) is 55.6 Å². The van der Waals surface area contributed by atoms with E-state index in [9.17, 15) is 4.79 Å². The van der Waals surface area contributed by atoms with Crippen LogP contribution in [0, 0.1) is 5.92 Å². The number of ether oxygens (including phenoxy) is 1. The van der Waals surface area contributed by atoms with Crippen molar-refractivity contribution in [2.45, 2.75) is 51.4 Å². The Morgan fingerprint density at radius 1 is 1.38 bits per heavy atom. The lowest BCUT2D eigenvalue weighted by Gasteiger charge is -2.34. The summed E-state index contributed by atoms with van der Waals surface area (Å²) in [5, 5.41) is 0. The number of fused-ring (bicyclic) bond motifs is 2. The first-order valence-electron chi connectivity index (χ1n) is 6.26. The summed E-state index contributed by atoms with van der Waals surface area (Å²) in [6.45, 7) is 5.66. The molecule has 0 aliphatic carbocycles. The van der Waals surface area contributed by atoms with Crippen LogP contribution < -0.4 is 5.73 Å². The Hall–Kier alpha value is -0.610. The van der Waals surface area contributed by atoms with Crippen LogP contribution in [0.2, 0.25) is 0 Å². The lowest BCUT2D eigenvalue weighted by atomic mass is 10.0. The Labute approximate surface area is 97.1 Å². The van der Waals surface area contributed by atoms with E-state index in [0.29, 0.717) is 5.92 Å². The van der Waals surface area contributed by atoms with Crippen LogP contribution in [-0.2, 0) is 9.53 Å². The van der Waals surface area contributed by atoms with E-state index in [2.05, 4.69) is 13.8 Å². The second kappa shape index (κ2) is 4.72. The molecule has 2 fully saturated rings. The number of likely N-dealkylation sites (tertiary alicyclic amines) is 1. The number of hydrogen-bond acceptors (Lipinski definition) is 3. The maximum atomic E-state index is 12.1. The predicted octanol–water partition coefficient (Wildman–Crippen LogP) is 0.750. The Morgan fingerprint density at radius 3 is 2.44 bits per heavy atom. The fourth-order valence-electron chi connectivity index (χ4n) is 2.64. The number of carbonyl (C=O) groups excluding carboxylic acids is 1. The summed E-state index contributed by atoms with van der Waals surface area (Å²) in [5.41, 5.74) is 5.93. The minimum Gasteiger partial charge on any atom is -0.371 e. The highest BCUT2D eigenvalue weighted by Gasteiger charge is 2.36. The number of amides is 1. The average molecular weight is 226 g/mol. The predicted molar refractivity (Wildman–Crippen MR) is 61.9 cm³/mol. The normalized spacial score (nSPS) is 30.9. The van der Waals surface area contributed by atoms with Crippen LogP contribution in [0.4, 0.5) is 0 Å². The zero-order chi connectivity index (χ0) is 11.7. The van der Waals surface area contributed by atoms with Gasteiger partial charge >= 0.3 is 0 Å². The summed E-state index contributed by atoms with van der Waals surface area (Å²) >= 11 is 0. The third-order valence-corrected chi connectivity index (χ3v) is 3.40. The summed E-state index contributed by atoms with van der Waals surface area (Å²) in [5.74, 6) is 0.575. The van der Waals surface area contributed by atoms with Gasteiger partial charge in [0.15, 0.2) is 0 Å². The van der Waals surface area contributed by atoms with E-state index in [1.165, 1.54) is 0 Å².